The molecule has 1 heterocycles. The zero-order valence-electron chi connectivity index (χ0n) is 20.0. The molecular weight excluding hydrogens is 470 g/mol. The van der Waals surface area contributed by atoms with Crippen LogP contribution in [0.3, 0.4) is 0 Å². The molecule has 0 spiro atoms. The molecule has 1 aromatic carbocycles. The van der Waals surface area contributed by atoms with E-state index in [4.69, 9.17) is 9.16 Å². The molecule has 0 bridgehead atoms. The minimum absolute atomic E-state index is 0.220. The Morgan fingerprint density at radius 1 is 1.19 bits per heavy atom. The molecule has 1 aliphatic rings. The standard InChI is InChI=1S/C25H38BrNO3Si/c1-25(2,3)31(5,6)30-16-10-15-27-21-17-19(24(28)29-4)13-14-20(21)22(23(27)26)18-11-8-7-9-12-18/h13-14,17-18H,7-12,15-16H2,1-6H3. The predicted octanol–water partition coefficient (Wildman–Crippen LogP) is 7.65. The van der Waals surface area contributed by atoms with Gasteiger partial charge < -0.3 is 13.7 Å². The van der Waals surface area contributed by atoms with Crippen molar-refractivity contribution in [3.8, 4) is 0 Å². The highest BCUT2D eigenvalue weighted by molar-refractivity contribution is 9.10. The van der Waals surface area contributed by atoms with Crippen molar-refractivity contribution < 1.29 is 14.0 Å². The monoisotopic (exact) mass is 507 g/mol. The van der Waals surface area contributed by atoms with E-state index in [0.717, 1.165) is 25.1 Å². The molecule has 0 unspecified atom stereocenters. The number of hydrogen-bond donors (Lipinski definition) is 0. The molecule has 172 valence electrons. The molecule has 0 aliphatic heterocycles. The van der Waals surface area contributed by atoms with Crippen LogP contribution in [0.15, 0.2) is 22.8 Å². The minimum Gasteiger partial charge on any atom is -0.465 e. The molecular formula is C25H38BrNO3Si. The van der Waals surface area contributed by atoms with Crippen molar-refractivity contribution >= 4 is 41.1 Å². The first-order chi connectivity index (χ1) is 14.6. The van der Waals surface area contributed by atoms with E-state index in [1.54, 1.807) is 0 Å². The first kappa shape index (κ1) is 24.5. The maximum atomic E-state index is 12.2. The zero-order chi connectivity index (χ0) is 22.8. The number of esters is 1. The molecule has 1 fully saturated rings. The SMILES string of the molecule is COC(=O)c1ccc2c(C3CCCCC3)c(Br)n(CCCO[Si](C)(C)C(C)(C)C)c2c1. The number of benzene rings is 1. The maximum Gasteiger partial charge on any atom is 0.337 e. The average Bonchev–Trinajstić information content (AvgIpc) is 3.01. The van der Waals surface area contributed by atoms with E-state index in [1.165, 1.54) is 54.8 Å². The van der Waals surface area contributed by atoms with Gasteiger partial charge in [-0.15, -0.1) is 0 Å². The Morgan fingerprint density at radius 2 is 1.87 bits per heavy atom. The van der Waals surface area contributed by atoms with Gasteiger partial charge in [-0.3, -0.25) is 0 Å². The van der Waals surface area contributed by atoms with Crippen LogP contribution in [0.4, 0.5) is 0 Å². The van der Waals surface area contributed by atoms with Gasteiger partial charge in [0.25, 0.3) is 0 Å². The maximum absolute atomic E-state index is 12.2. The van der Waals surface area contributed by atoms with Gasteiger partial charge in [-0.1, -0.05) is 46.1 Å². The third-order valence-electron chi connectivity index (χ3n) is 7.27. The van der Waals surface area contributed by atoms with Crippen LogP contribution < -0.4 is 0 Å². The average molecular weight is 509 g/mol. The smallest absolute Gasteiger partial charge is 0.337 e. The van der Waals surface area contributed by atoms with Gasteiger partial charge >= 0.3 is 5.97 Å². The lowest BCUT2D eigenvalue weighted by molar-refractivity contribution is 0.0601. The second-order valence-electron chi connectivity index (χ2n) is 10.4. The summed E-state index contributed by atoms with van der Waals surface area (Å²) in [5.74, 6) is 0.297. The Morgan fingerprint density at radius 3 is 2.48 bits per heavy atom. The van der Waals surface area contributed by atoms with Crippen molar-refractivity contribution in [3.63, 3.8) is 0 Å². The zero-order valence-corrected chi connectivity index (χ0v) is 22.6. The van der Waals surface area contributed by atoms with Crippen LogP contribution in [0, 0.1) is 0 Å². The summed E-state index contributed by atoms with van der Waals surface area (Å²) in [7, 11) is -0.305. The summed E-state index contributed by atoms with van der Waals surface area (Å²) in [6.07, 6.45) is 7.36. The Labute approximate surface area is 196 Å². The first-order valence-electron chi connectivity index (χ1n) is 11.6. The van der Waals surface area contributed by atoms with Crippen LogP contribution in [0.1, 0.15) is 81.1 Å². The summed E-state index contributed by atoms with van der Waals surface area (Å²) < 4.78 is 14.9. The summed E-state index contributed by atoms with van der Waals surface area (Å²) in [5, 5.41) is 1.48. The van der Waals surface area contributed by atoms with E-state index in [9.17, 15) is 4.79 Å². The van der Waals surface area contributed by atoms with Gasteiger partial charge in [0.15, 0.2) is 8.32 Å². The van der Waals surface area contributed by atoms with Crippen LogP contribution in [0.2, 0.25) is 18.1 Å². The van der Waals surface area contributed by atoms with Crippen LogP contribution in [0.5, 0.6) is 0 Å². The molecule has 31 heavy (non-hydrogen) atoms. The third kappa shape index (κ3) is 5.28. The van der Waals surface area contributed by atoms with E-state index in [2.05, 4.69) is 60.4 Å². The van der Waals surface area contributed by atoms with E-state index < -0.39 is 8.32 Å². The normalized spacial score (nSPS) is 16.1. The molecule has 4 nitrogen and oxygen atoms in total. The summed E-state index contributed by atoms with van der Waals surface area (Å²) in [4.78, 5) is 12.2. The Kier molecular flexibility index (Phi) is 7.75. The highest BCUT2D eigenvalue weighted by Gasteiger charge is 2.36. The number of halogens is 1. The van der Waals surface area contributed by atoms with Crippen molar-refractivity contribution in [1.29, 1.82) is 0 Å². The molecule has 0 N–H and O–H groups in total. The lowest BCUT2D eigenvalue weighted by Gasteiger charge is -2.36. The number of fused-ring (bicyclic) bond motifs is 1. The Bertz CT molecular complexity index is 923. The molecule has 3 rings (SSSR count). The Balaban J connectivity index is 1.89. The second-order valence-corrected chi connectivity index (χ2v) is 15.9. The number of methoxy groups -OCH3 is 1. The van der Waals surface area contributed by atoms with Crippen LogP contribution in [-0.2, 0) is 15.7 Å². The van der Waals surface area contributed by atoms with E-state index in [0.29, 0.717) is 11.5 Å². The lowest BCUT2D eigenvalue weighted by Crippen LogP contribution is -2.41. The van der Waals surface area contributed by atoms with Gasteiger partial charge in [0, 0.05) is 18.5 Å². The number of aryl methyl sites for hydroxylation is 1. The second kappa shape index (κ2) is 9.80. The molecule has 1 saturated carbocycles. The number of ether oxygens (including phenoxy) is 1. The van der Waals surface area contributed by atoms with Gasteiger partial charge in [0.05, 0.1) is 22.8 Å². The molecule has 1 aliphatic carbocycles. The lowest BCUT2D eigenvalue weighted by atomic mass is 9.84. The number of hydrogen-bond acceptors (Lipinski definition) is 3. The Hall–Kier alpha value is -1.11. The van der Waals surface area contributed by atoms with Gasteiger partial charge in [0.1, 0.15) is 0 Å². The number of nitrogens with zero attached hydrogens (tertiary/aromatic N) is 1. The largest absolute Gasteiger partial charge is 0.465 e. The van der Waals surface area contributed by atoms with E-state index in [-0.39, 0.29) is 11.0 Å². The van der Waals surface area contributed by atoms with Crippen molar-refractivity contribution in [2.45, 2.75) is 89.9 Å². The van der Waals surface area contributed by atoms with Gasteiger partial charge in [-0.05, 0) is 76.9 Å². The summed E-state index contributed by atoms with van der Waals surface area (Å²) >= 11 is 3.95. The van der Waals surface area contributed by atoms with Crippen molar-refractivity contribution in [3.05, 3.63) is 33.9 Å². The molecule has 0 saturated heterocycles. The van der Waals surface area contributed by atoms with Gasteiger partial charge in [0.2, 0.25) is 0 Å². The molecule has 0 amide bonds. The van der Waals surface area contributed by atoms with E-state index >= 15 is 0 Å². The fourth-order valence-corrected chi connectivity index (χ4v) is 6.35. The minimum atomic E-state index is -1.74. The predicted molar refractivity (Wildman–Crippen MR) is 135 cm³/mol. The quantitative estimate of drug-likeness (QED) is 0.219. The van der Waals surface area contributed by atoms with Crippen molar-refractivity contribution in [2.24, 2.45) is 0 Å². The number of rotatable bonds is 7. The van der Waals surface area contributed by atoms with Crippen molar-refractivity contribution in [2.75, 3.05) is 13.7 Å². The topological polar surface area (TPSA) is 40.5 Å². The number of carbonyl (C=O) groups excluding carboxylic acids is 1. The molecule has 0 atom stereocenters. The van der Waals surface area contributed by atoms with E-state index in [1.807, 2.05) is 12.1 Å². The van der Waals surface area contributed by atoms with Crippen LogP contribution in [0.25, 0.3) is 10.9 Å². The fourth-order valence-electron chi connectivity index (χ4n) is 4.35. The highest BCUT2D eigenvalue weighted by Crippen LogP contribution is 2.43. The van der Waals surface area contributed by atoms with Crippen LogP contribution >= 0.6 is 15.9 Å². The fraction of sp³-hybridized carbons (Fsp3) is 0.640. The summed E-state index contributed by atoms with van der Waals surface area (Å²) in [6, 6.07) is 6.00. The number of carbonyl (C=O) groups is 1. The molecule has 2 aromatic rings. The molecule has 0 radical (unpaired) electrons. The number of aromatic nitrogens is 1. The highest BCUT2D eigenvalue weighted by atomic mass is 79.9. The van der Waals surface area contributed by atoms with Gasteiger partial charge in [-0.25, -0.2) is 4.79 Å². The molecule has 1 aromatic heterocycles. The first-order valence-corrected chi connectivity index (χ1v) is 15.3. The summed E-state index contributed by atoms with van der Waals surface area (Å²) in [5.41, 5.74) is 3.13. The van der Waals surface area contributed by atoms with Crippen LogP contribution in [-0.4, -0.2) is 32.6 Å². The van der Waals surface area contributed by atoms with Gasteiger partial charge in [-0.2, -0.15) is 0 Å². The summed E-state index contributed by atoms with van der Waals surface area (Å²) in [6.45, 7) is 13.1. The van der Waals surface area contributed by atoms with Crippen molar-refractivity contribution in [1.82, 2.24) is 4.57 Å². The third-order valence-corrected chi connectivity index (χ3v) is 12.7. The molecule has 6 heteroatoms.